The van der Waals surface area contributed by atoms with Crippen LogP contribution in [0.15, 0.2) is 12.4 Å². The highest BCUT2D eigenvalue weighted by Crippen LogP contribution is 2.28. The van der Waals surface area contributed by atoms with Crippen molar-refractivity contribution < 1.29 is 0 Å². The second kappa shape index (κ2) is 5.28. The van der Waals surface area contributed by atoms with E-state index in [1.54, 1.807) is 12.4 Å². The van der Waals surface area contributed by atoms with Crippen LogP contribution in [0, 0.1) is 12.8 Å². The molecule has 0 amide bonds. The van der Waals surface area contributed by atoms with E-state index in [1.165, 1.54) is 32.1 Å². The minimum atomic E-state index is 0.592. The van der Waals surface area contributed by atoms with E-state index < -0.39 is 0 Å². The van der Waals surface area contributed by atoms with Crippen LogP contribution in [0.4, 0.5) is 5.82 Å². The van der Waals surface area contributed by atoms with Gasteiger partial charge in [-0.05, 0) is 25.7 Å². The van der Waals surface area contributed by atoms with Crippen LogP contribution in [0.2, 0.25) is 0 Å². The second-order valence-electron chi connectivity index (χ2n) is 4.77. The molecule has 88 valence electrons. The molecular formula is C13H21N3. The summed E-state index contributed by atoms with van der Waals surface area (Å²) in [7, 11) is 0. The fraction of sp³-hybridized carbons (Fsp3) is 0.692. The van der Waals surface area contributed by atoms with Crippen LogP contribution in [0.3, 0.4) is 0 Å². The first-order chi connectivity index (χ1) is 7.79. The molecule has 2 atom stereocenters. The standard InChI is InChI=1S/C13H21N3/c1-3-11-5-4-6-12(9-11)16-13-10(2)14-7-8-15-13/h7-8,11-12H,3-6,9H2,1-2H3,(H,15,16). The number of nitrogens with zero attached hydrogens (tertiary/aromatic N) is 2. The van der Waals surface area contributed by atoms with E-state index in [9.17, 15) is 0 Å². The Kier molecular flexibility index (Phi) is 3.75. The molecule has 1 saturated carbocycles. The zero-order chi connectivity index (χ0) is 11.4. The van der Waals surface area contributed by atoms with Gasteiger partial charge in [0, 0.05) is 18.4 Å². The first-order valence-corrected chi connectivity index (χ1v) is 6.33. The van der Waals surface area contributed by atoms with E-state index in [2.05, 4.69) is 22.2 Å². The lowest BCUT2D eigenvalue weighted by Gasteiger charge is -2.29. The molecule has 16 heavy (non-hydrogen) atoms. The minimum absolute atomic E-state index is 0.592. The van der Waals surface area contributed by atoms with Gasteiger partial charge in [-0.15, -0.1) is 0 Å². The summed E-state index contributed by atoms with van der Waals surface area (Å²) >= 11 is 0. The fourth-order valence-corrected chi connectivity index (χ4v) is 2.54. The fourth-order valence-electron chi connectivity index (χ4n) is 2.54. The molecule has 1 aromatic rings. The van der Waals surface area contributed by atoms with Crippen molar-refractivity contribution in [1.29, 1.82) is 0 Å². The van der Waals surface area contributed by atoms with Crippen molar-refractivity contribution in [3.8, 4) is 0 Å². The van der Waals surface area contributed by atoms with Gasteiger partial charge in [-0.1, -0.05) is 26.2 Å². The summed E-state index contributed by atoms with van der Waals surface area (Å²) in [6.45, 7) is 4.30. The summed E-state index contributed by atoms with van der Waals surface area (Å²) in [6, 6.07) is 0.592. The van der Waals surface area contributed by atoms with Crippen LogP contribution in [0.5, 0.6) is 0 Å². The number of rotatable bonds is 3. The largest absolute Gasteiger partial charge is 0.366 e. The van der Waals surface area contributed by atoms with Gasteiger partial charge in [0.1, 0.15) is 5.82 Å². The maximum Gasteiger partial charge on any atom is 0.147 e. The average Bonchev–Trinajstić information content (AvgIpc) is 2.32. The molecule has 2 unspecified atom stereocenters. The lowest BCUT2D eigenvalue weighted by molar-refractivity contribution is 0.327. The molecule has 1 aliphatic rings. The Bertz CT molecular complexity index is 338. The Morgan fingerprint density at radius 2 is 2.12 bits per heavy atom. The van der Waals surface area contributed by atoms with Crippen LogP contribution in [-0.4, -0.2) is 16.0 Å². The van der Waals surface area contributed by atoms with Crippen LogP contribution in [-0.2, 0) is 0 Å². The quantitative estimate of drug-likeness (QED) is 0.848. The Hall–Kier alpha value is -1.12. The van der Waals surface area contributed by atoms with Crippen molar-refractivity contribution in [2.75, 3.05) is 5.32 Å². The Balaban J connectivity index is 1.97. The maximum absolute atomic E-state index is 4.35. The smallest absolute Gasteiger partial charge is 0.147 e. The van der Waals surface area contributed by atoms with Gasteiger partial charge >= 0.3 is 0 Å². The van der Waals surface area contributed by atoms with Crippen molar-refractivity contribution in [2.45, 2.75) is 52.0 Å². The molecule has 1 aromatic heterocycles. The Morgan fingerprint density at radius 1 is 1.31 bits per heavy atom. The summed E-state index contributed by atoms with van der Waals surface area (Å²) in [5, 5.41) is 3.54. The number of aryl methyl sites for hydroxylation is 1. The molecule has 1 aliphatic carbocycles. The summed E-state index contributed by atoms with van der Waals surface area (Å²) in [5.74, 6) is 1.85. The molecule has 1 N–H and O–H groups in total. The Morgan fingerprint density at radius 3 is 2.88 bits per heavy atom. The van der Waals surface area contributed by atoms with E-state index in [1.807, 2.05) is 6.92 Å². The highest BCUT2D eigenvalue weighted by atomic mass is 15.0. The van der Waals surface area contributed by atoms with Crippen molar-refractivity contribution in [3.05, 3.63) is 18.1 Å². The maximum atomic E-state index is 4.35. The summed E-state index contributed by atoms with van der Waals surface area (Å²) in [6.07, 6.45) is 10.1. The molecule has 0 bridgehead atoms. The van der Waals surface area contributed by atoms with E-state index in [0.29, 0.717) is 6.04 Å². The van der Waals surface area contributed by atoms with E-state index in [0.717, 1.165) is 17.4 Å². The first-order valence-electron chi connectivity index (χ1n) is 6.33. The van der Waals surface area contributed by atoms with Gasteiger partial charge in [0.25, 0.3) is 0 Å². The Labute approximate surface area is 97.7 Å². The zero-order valence-electron chi connectivity index (χ0n) is 10.2. The average molecular weight is 219 g/mol. The van der Waals surface area contributed by atoms with E-state index in [4.69, 9.17) is 0 Å². The zero-order valence-corrected chi connectivity index (χ0v) is 10.2. The predicted molar refractivity (Wildman–Crippen MR) is 66.4 cm³/mol. The van der Waals surface area contributed by atoms with E-state index >= 15 is 0 Å². The normalized spacial score (nSPS) is 25.4. The van der Waals surface area contributed by atoms with Crippen molar-refractivity contribution in [2.24, 2.45) is 5.92 Å². The van der Waals surface area contributed by atoms with Crippen LogP contribution >= 0.6 is 0 Å². The molecule has 0 aliphatic heterocycles. The van der Waals surface area contributed by atoms with Gasteiger partial charge < -0.3 is 5.32 Å². The lowest BCUT2D eigenvalue weighted by atomic mass is 9.84. The molecule has 2 rings (SSSR count). The summed E-state index contributed by atoms with van der Waals surface area (Å²) in [4.78, 5) is 8.61. The predicted octanol–water partition coefficient (Wildman–Crippen LogP) is 3.17. The second-order valence-corrected chi connectivity index (χ2v) is 4.77. The minimum Gasteiger partial charge on any atom is -0.366 e. The number of hydrogen-bond donors (Lipinski definition) is 1. The molecule has 0 saturated heterocycles. The molecule has 0 radical (unpaired) electrons. The van der Waals surface area contributed by atoms with Crippen molar-refractivity contribution >= 4 is 5.82 Å². The molecule has 0 spiro atoms. The van der Waals surface area contributed by atoms with Gasteiger partial charge in [0.15, 0.2) is 0 Å². The van der Waals surface area contributed by atoms with Gasteiger partial charge in [0.05, 0.1) is 5.69 Å². The summed E-state index contributed by atoms with van der Waals surface area (Å²) < 4.78 is 0. The topological polar surface area (TPSA) is 37.8 Å². The summed E-state index contributed by atoms with van der Waals surface area (Å²) in [5.41, 5.74) is 1.00. The highest BCUT2D eigenvalue weighted by Gasteiger charge is 2.21. The highest BCUT2D eigenvalue weighted by molar-refractivity contribution is 5.39. The number of aromatic nitrogens is 2. The third-order valence-electron chi connectivity index (χ3n) is 3.58. The third-order valence-corrected chi connectivity index (χ3v) is 3.58. The van der Waals surface area contributed by atoms with Crippen LogP contribution < -0.4 is 5.32 Å². The van der Waals surface area contributed by atoms with Crippen molar-refractivity contribution in [1.82, 2.24) is 9.97 Å². The SMILES string of the molecule is CCC1CCCC(Nc2nccnc2C)C1. The molecule has 1 fully saturated rings. The molecule has 3 nitrogen and oxygen atoms in total. The van der Waals surface area contributed by atoms with Crippen molar-refractivity contribution in [3.63, 3.8) is 0 Å². The number of hydrogen-bond acceptors (Lipinski definition) is 3. The first kappa shape index (κ1) is 11.4. The molecule has 1 heterocycles. The van der Waals surface area contributed by atoms with Crippen LogP contribution in [0.25, 0.3) is 0 Å². The van der Waals surface area contributed by atoms with Gasteiger partial charge in [-0.3, -0.25) is 4.98 Å². The monoisotopic (exact) mass is 219 g/mol. The van der Waals surface area contributed by atoms with E-state index in [-0.39, 0.29) is 0 Å². The molecule has 3 heteroatoms. The van der Waals surface area contributed by atoms with Gasteiger partial charge in [-0.2, -0.15) is 0 Å². The number of nitrogens with one attached hydrogen (secondary N) is 1. The van der Waals surface area contributed by atoms with Crippen LogP contribution in [0.1, 0.15) is 44.7 Å². The lowest BCUT2D eigenvalue weighted by Crippen LogP contribution is -2.27. The third kappa shape index (κ3) is 2.71. The molecule has 0 aromatic carbocycles. The van der Waals surface area contributed by atoms with Gasteiger partial charge in [-0.25, -0.2) is 4.98 Å². The van der Waals surface area contributed by atoms with Gasteiger partial charge in [0.2, 0.25) is 0 Å². The molecular weight excluding hydrogens is 198 g/mol. The number of anilines is 1.